The summed E-state index contributed by atoms with van der Waals surface area (Å²) in [5.41, 5.74) is 0.176. The molecule has 0 aliphatic carbocycles. The second-order valence-electron chi connectivity index (χ2n) is 1.51. The monoisotopic (exact) mass is 254 g/mol. The lowest BCUT2D eigenvalue weighted by molar-refractivity contribution is -0.132. The van der Waals surface area contributed by atoms with Crippen LogP contribution in [0.3, 0.4) is 0 Å². The van der Waals surface area contributed by atoms with Gasteiger partial charge in [-0.05, 0) is 6.92 Å². The zero-order valence-electron chi connectivity index (χ0n) is 5.57. The first-order chi connectivity index (χ1) is 4.64. The molecule has 0 amide bonds. The van der Waals surface area contributed by atoms with Gasteiger partial charge in [0.15, 0.2) is 0 Å². The van der Waals surface area contributed by atoms with Crippen molar-refractivity contribution in [3.63, 3.8) is 0 Å². The maximum absolute atomic E-state index is 9.60. The lowest BCUT2D eigenvalue weighted by Gasteiger charge is -1.85. The molecule has 11 heavy (non-hydrogen) atoms. The van der Waals surface area contributed by atoms with Crippen LogP contribution in [0.5, 0.6) is 0 Å². The molecule has 0 heterocycles. The first kappa shape index (κ1) is 14.1. The number of rotatable bonds is 1. The summed E-state index contributed by atoms with van der Waals surface area (Å²) in [6, 6.07) is 0. The maximum Gasteiger partial charge on any atom is 0.440 e. The molecule has 0 rings (SSSR count). The lowest BCUT2D eigenvalue weighted by Crippen LogP contribution is -1.92. The van der Waals surface area contributed by atoms with Crippen molar-refractivity contribution in [3.8, 4) is 0 Å². The number of halogens is 4. The first-order valence-electron chi connectivity index (χ1n) is 2.29. The van der Waals surface area contributed by atoms with Crippen LogP contribution in [0.15, 0.2) is 12.2 Å². The summed E-state index contributed by atoms with van der Waals surface area (Å²) in [7, 11) is 0. The van der Waals surface area contributed by atoms with Crippen LogP contribution in [0, 0.1) is 0 Å². The molecule has 0 saturated heterocycles. The zero-order valence-corrected chi connectivity index (χ0v) is 9.60. The summed E-state index contributed by atoms with van der Waals surface area (Å²) in [6.07, 6.45) is 0. The van der Waals surface area contributed by atoms with E-state index in [0.717, 1.165) is 0 Å². The summed E-state index contributed by atoms with van der Waals surface area (Å²) in [4.78, 5) is 9.60. The van der Waals surface area contributed by atoms with Crippen LogP contribution in [0.1, 0.15) is 6.92 Å². The molecule has 0 bridgehead atoms. The Balaban J connectivity index is 0. The molecule has 1 N–H and O–H groups in total. The molecule has 0 aromatic rings. The fourth-order valence-electron chi connectivity index (χ4n) is 0. The Morgan fingerprint density at radius 2 is 1.45 bits per heavy atom. The smallest absolute Gasteiger partial charge is 0.440 e. The lowest BCUT2D eigenvalue weighted by atomic mass is 10.4. The van der Waals surface area contributed by atoms with E-state index >= 15 is 0 Å². The first-order valence-corrected chi connectivity index (χ1v) is 8.33. The van der Waals surface area contributed by atoms with Crippen LogP contribution in [0.25, 0.3) is 0 Å². The van der Waals surface area contributed by atoms with Gasteiger partial charge in [0.1, 0.15) is 0 Å². The van der Waals surface area contributed by atoms with Gasteiger partial charge in [0.2, 0.25) is 0 Å². The molecule has 0 unspecified atom stereocenters. The van der Waals surface area contributed by atoms with Gasteiger partial charge in [-0.1, -0.05) is 6.58 Å². The van der Waals surface area contributed by atoms with Gasteiger partial charge in [-0.3, -0.25) is 0 Å². The Morgan fingerprint density at radius 1 is 1.36 bits per heavy atom. The summed E-state index contributed by atoms with van der Waals surface area (Å²) in [5.74, 6) is -0.935. The molecule has 0 radical (unpaired) electrons. The molecule has 7 heteroatoms. The van der Waals surface area contributed by atoms with Crippen molar-refractivity contribution in [1.82, 2.24) is 0 Å². The van der Waals surface area contributed by atoms with Crippen molar-refractivity contribution in [2.45, 2.75) is 6.92 Å². The molecular formula is C4H6Cl4O2Si. The predicted octanol–water partition coefficient (Wildman–Crippen LogP) is 3.02. The van der Waals surface area contributed by atoms with E-state index in [1.54, 1.807) is 0 Å². The third kappa shape index (κ3) is 37.1. The van der Waals surface area contributed by atoms with Crippen LogP contribution in [0.2, 0.25) is 0 Å². The van der Waals surface area contributed by atoms with Gasteiger partial charge in [0, 0.05) is 5.57 Å². The summed E-state index contributed by atoms with van der Waals surface area (Å²) >= 11 is 19.9. The topological polar surface area (TPSA) is 37.3 Å². The van der Waals surface area contributed by atoms with Crippen molar-refractivity contribution in [2.75, 3.05) is 0 Å². The number of carboxylic acids is 1. The second kappa shape index (κ2) is 6.14. The number of hydrogen-bond acceptors (Lipinski definition) is 1. The van der Waals surface area contributed by atoms with E-state index in [-0.39, 0.29) is 5.57 Å². The van der Waals surface area contributed by atoms with Gasteiger partial charge in [-0.25, -0.2) is 4.79 Å². The molecule has 0 spiro atoms. The SMILES string of the molecule is C=C(C)C(=O)O.Cl[Si](Cl)(Cl)Cl. The number of carbonyl (C=O) groups is 1. The highest BCUT2D eigenvalue weighted by Crippen LogP contribution is 2.23. The normalized spacial score (nSPS) is 9.55. The highest BCUT2D eigenvalue weighted by Gasteiger charge is 2.19. The highest BCUT2D eigenvalue weighted by atomic mass is 36.0. The van der Waals surface area contributed by atoms with Gasteiger partial charge in [0.25, 0.3) is 0 Å². The van der Waals surface area contributed by atoms with Gasteiger partial charge >= 0.3 is 11.3 Å². The Hall–Kier alpha value is 0.587. The minimum Gasteiger partial charge on any atom is -0.478 e. The molecule has 0 saturated carbocycles. The summed E-state index contributed by atoms with van der Waals surface area (Å²) in [5, 5.41) is 5.17. The predicted molar refractivity (Wildman–Crippen MR) is 51.6 cm³/mol. The van der Waals surface area contributed by atoms with Gasteiger partial charge < -0.3 is 5.11 Å². The highest BCUT2D eigenvalue weighted by molar-refractivity contribution is 7.81. The summed E-state index contributed by atoms with van der Waals surface area (Å²) in [6.45, 7) is 4.60. The van der Waals surface area contributed by atoms with E-state index < -0.39 is 11.3 Å². The molecule has 0 aliphatic heterocycles. The largest absolute Gasteiger partial charge is 0.478 e. The van der Waals surface area contributed by atoms with Crippen LogP contribution in [0.4, 0.5) is 0 Å². The second-order valence-corrected chi connectivity index (χ2v) is 12.7. The van der Waals surface area contributed by atoms with Crippen LogP contribution in [-0.2, 0) is 4.79 Å². The van der Waals surface area contributed by atoms with Crippen molar-refractivity contribution in [1.29, 1.82) is 0 Å². The van der Waals surface area contributed by atoms with E-state index in [4.69, 9.17) is 49.4 Å². The van der Waals surface area contributed by atoms with E-state index in [1.165, 1.54) is 6.92 Å². The van der Waals surface area contributed by atoms with Gasteiger partial charge in [0.05, 0.1) is 0 Å². The van der Waals surface area contributed by atoms with Crippen molar-refractivity contribution in [2.24, 2.45) is 0 Å². The van der Waals surface area contributed by atoms with Crippen LogP contribution < -0.4 is 0 Å². The van der Waals surface area contributed by atoms with Crippen molar-refractivity contribution < 1.29 is 9.90 Å². The molecule has 2 nitrogen and oxygen atoms in total. The average molecular weight is 256 g/mol. The fraction of sp³-hybridized carbons (Fsp3) is 0.250. The fourth-order valence-corrected chi connectivity index (χ4v) is 0. The number of hydrogen-bond donors (Lipinski definition) is 1. The van der Waals surface area contributed by atoms with Gasteiger partial charge in [-0.2, -0.15) is 0 Å². The number of carboxylic acid groups (broad SMARTS) is 1. The Kier molecular flexibility index (Phi) is 7.89. The molecular weight excluding hydrogens is 250 g/mol. The van der Waals surface area contributed by atoms with Crippen molar-refractivity contribution >= 4 is 55.6 Å². The Morgan fingerprint density at radius 3 is 1.45 bits per heavy atom. The van der Waals surface area contributed by atoms with Crippen molar-refractivity contribution in [3.05, 3.63) is 12.2 Å². The Labute approximate surface area is 84.5 Å². The third-order valence-electron chi connectivity index (χ3n) is 0.365. The molecule has 0 aromatic carbocycles. The van der Waals surface area contributed by atoms with E-state index in [9.17, 15) is 4.79 Å². The minimum atomic E-state index is -2.72. The van der Waals surface area contributed by atoms with E-state index in [1.807, 2.05) is 0 Å². The minimum absolute atomic E-state index is 0.176. The zero-order chi connectivity index (χ0) is 9.65. The number of aliphatic carboxylic acids is 1. The maximum atomic E-state index is 9.60. The van der Waals surface area contributed by atoms with E-state index in [0.29, 0.717) is 0 Å². The summed E-state index contributed by atoms with van der Waals surface area (Å²) < 4.78 is 0. The molecule has 0 fully saturated rings. The van der Waals surface area contributed by atoms with Crippen LogP contribution in [-0.4, -0.2) is 16.4 Å². The molecule has 0 atom stereocenters. The van der Waals surface area contributed by atoms with Gasteiger partial charge in [-0.15, -0.1) is 44.3 Å². The Bertz CT molecular complexity index is 135. The molecule has 66 valence electrons. The third-order valence-corrected chi connectivity index (χ3v) is 0.365. The average Bonchev–Trinajstić information content (AvgIpc) is 1.59. The van der Waals surface area contributed by atoms with Crippen LogP contribution >= 0.6 is 44.3 Å². The quantitative estimate of drug-likeness (QED) is 0.444. The molecule has 0 aliphatic rings. The van der Waals surface area contributed by atoms with E-state index in [2.05, 4.69) is 6.58 Å². The standard InChI is InChI=1S/C4H6O2.Cl4Si/c1-3(2)4(5)6;1-5(2,3)4/h1H2,2H3,(H,5,6);. The molecule has 0 aromatic heterocycles.